The van der Waals surface area contributed by atoms with Crippen molar-refractivity contribution in [1.29, 1.82) is 0 Å². The van der Waals surface area contributed by atoms with Gasteiger partial charge in [-0.3, -0.25) is 5.10 Å². The second-order valence-corrected chi connectivity index (χ2v) is 6.12. The van der Waals surface area contributed by atoms with Crippen molar-refractivity contribution in [2.24, 2.45) is 0 Å². The normalized spacial score (nSPS) is 18.3. The summed E-state index contributed by atoms with van der Waals surface area (Å²) in [5.41, 5.74) is 5.58. The maximum Gasteiger partial charge on any atom is 0.408 e. The van der Waals surface area contributed by atoms with Gasteiger partial charge in [0.05, 0.1) is 11.2 Å². The minimum atomic E-state index is -0.503. The molecule has 0 spiro atoms. The van der Waals surface area contributed by atoms with Crippen LogP contribution in [0.3, 0.4) is 0 Å². The summed E-state index contributed by atoms with van der Waals surface area (Å²) in [5.74, 6) is 0.437. The zero-order valence-electron chi connectivity index (χ0n) is 11.7. The zero-order chi connectivity index (χ0) is 14.1. The molecule has 1 amide bonds. The molecule has 1 fully saturated rings. The lowest BCUT2D eigenvalue weighted by molar-refractivity contribution is 0.0451. The van der Waals surface area contributed by atoms with Crippen molar-refractivity contribution in [3.8, 4) is 0 Å². The Morgan fingerprint density at radius 3 is 2.58 bits per heavy atom. The van der Waals surface area contributed by atoms with E-state index in [1.165, 1.54) is 0 Å². The van der Waals surface area contributed by atoms with Gasteiger partial charge in [0.1, 0.15) is 11.4 Å². The molecule has 1 heterocycles. The smallest absolute Gasteiger partial charge is 0.408 e. The van der Waals surface area contributed by atoms with E-state index in [1.807, 2.05) is 20.8 Å². The van der Waals surface area contributed by atoms with E-state index >= 15 is 0 Å². The van der Waals surface area contributed by atoms with Crippen LogP contribution in [-0.2, 0) is 10.3 Å². The number of carbonyl (C=O) groups excluding carboxylic acids is 1. The van der Waals surface area contributed by atoms with Gasteiger partial charge < -0.3 is 15.8 Å². The molecule has 0 saturated heterocycles. The fourth-order valence-electron chi connectivity index (χ4n) is 2.52. The molecule has 0 atom stereocenters. The molecule has 0 unspecified atom stereocenters. The first-order valence-electron chi connectivity index (χ1n) is 6.63. The number of hydrogen-bond donors (Lipinski definition) is 3. The van der Waals surface area contributed by atoms with Crippen molar-refractivity contribution in [3.63, 3.8) is 0 Å². The number of H-pyrrole nitrogens is 1. The number of anilines is 1. The molecular formula is C13H22N4O2. The maximum atomic E-state index is 12.0. The number of aromatic amines is 1. The quantitative estimate of drug-likeness (QED) is 0.765. The lowest BCUT2D eigenvalue weighted by Gasteiger charge is -2.30. The van der Waals surface area contributed by atoms with Crippen molar-refractivity contribution in [3.05, 3.63) is 11.8 Å². The predicted octanol–water partition coefficient (Wildman–Crippen LogP) is 2.29. The van der Waals surface area contributed by atoms with E-state index < -0.39 is 17.2 Å². The molecule has 2 rings (SSSR count). The molecule has 6 heteroatoms. The number of carbonyl (C=O) groups is 1. The molecule has 0 aromatic carbocycles. The van der Waals surface area contributed by atoms with E-state index in [0.29, 0.717) is 5.82 Å². The van der Waals surface area contributed by atoms with Gasteiger partial charge in [0, 0.05) is 6.07 Å². The van der Waals surface area contributed by atoms with Gasteiger partial charge in [-0.15, -0.1) is 0 Å². The van der Waals surface area contributed by atoms with Crippen LogP contribution in [0.15, 0.2) is 6.07 Å². The van der Waals surface area contributed by atoms with Crippen LogP contribution < -0.4 is 11.1 Å². The van der Waals surface area contributed by atoms with E-state index in [2.05, 4.69) is 15.5 Å². The molecule has 106 valence electrons. The number of ether oxygens (including phenoxy) is 1. The summed E-state index contributed by atoms with van der Waals surface area (Å²) in [7, 11) is 0. The van der Waals surface area contributed by atoms with Crippen LogP contribution in [-0.4, -0.2) is 21.9 Å². The van der Waals surface area contributed by atoms with E-state index in [9.17, 15) is 4.79 Å². The summed E-state index contributed by atoms with van der Waals surface area (Å²) in [6, 6.07) is 1.78. The van der Waals surface area contributed by atoms with Crippen molar-refractivity contribution < 1.29 is 9.53 Å². The number of nitrogen functional groups attached to an aromatic ring is 1. The molecule has 1 saturated carbocycles. The second-order valence-electron chi connectivity index (χ2n) is 6.12. The largest absolute Gasteiger partial charge is 0.444 e. The fourth-order valence-corrected chi connectivity index (χ4v) is 2.52. The molecule has 0 radical (unpaired) electrons. The molecule has 1 aliphatic rings. The van der Waals surface area contributed by atoms with Gasteiger partial charge in [-0.1, -0.05) is 12.8 Å². The van der Waals surface area contributed by atoms with E-state index in [1.54, 1.807) is 6.07 Å². The highest BCUT2D eigenvalue weighted by atomic mass is 16.6. The van der Waals surface area contributed by atoms with Crippen LogP contribution in [0.1, 0.15) is 52.1 Å². The Balaban J connectivity index is 2.15. The van der Waals surface area contributed by atoms with Crippen molar-refractivity contribution in [2.45, 2.75) is 57.6 Å². The van der Waals surface area contributed by atoms with Gasteiger partial charge in [0.2, 0.25) is 0 Å². The fraction of sp³-hybridized carbons (Fsp3) is 0.692. The molecular weight excluding hydrogens is 244 g/mol. The highest BCUT2D eigenvalue weighted by Crippen LogP contribution is 2.38. The van der Waals surface area contributed by atoms with E-state index in [4.69, 9.17) is 10.5 Å². The third-order valence-electron chi connectivity index (χ3n) is 3.31. The monoisotopic (exact) mass is 266 g/mol. The lowest BCUT2D eigenvalue weighted by Crippen LogP contribution is -2.46. The van der Waals surface area contributed by atoms with E-state index in [0.717, 1.165) is 31.4 Å². The van der Waals surface area contributed by atoms with Gasteiger partial charge in [0.15, 0.2) is 0 Å². The molecule has 1 aromatic rings. The topological polar surface area (TPSA) is 93.0 Å². The lowest BCUT2D eigenvalue weighted by atomic mass is 9.93. The third kappa shape index (κ3) is 3.19. The van der Waals surface area contributed by atoms with Crippen LogP contribution >= 0.6 is 0 Å². The number of nitrogens with two attached hydrogens (primary N) is 1. The van der Waals surface area contributed by atoms with Crippen LogP contribution in [0.25, 0.3) is 0 Å². The minimum absolute atomic E-state index is 0.400. The van der Waals surface area contributed by atoms with Crippen molar-refractivity contribution in [2.75, 3.05) is 5.73 Å². The molecule has 19 heavy (non-hydrogen) atoms. The first kappa shape index (κ1) is 13.7. The first-order chi connectivity index (χ1) is 8.81. The maximum absolute atomic E-state index is 12.0. The second kappa shape index (κ2) is 4.75. The number of rotatable bonds is 2. The highest BCUT2D eigenvalue weighted by Gasteiger charge is 2.39. The van der Waals surface area contributed by atoms with Gasteiger partial charge in [0.25, 0.3) is 0 Å². The standard InChI is InChI=1S/C13H22N4O2/c1-12(2,3)19-11(18)15-13(6-4-5-7-13)9-8-10(14)17-16-9/h8H,4-7H2,1-3H3,(H,15,18)(H3,14,16,17). The van der Waals surface area contributed by atoms with Crippen LogP contribution in [0.5, 0.6) is 0 Å². The number of aromatic nitrogens is 2. The Morgan fingerprint density at radius 2 is 2.11 bits per heavy atom. The Morgan fingerprint density at radius 1 is 1.47 bits per heavy atom. The average Bonchev–Trinajstić information content (AvgIpc) is 2.84. The number of nitrogens with zero attached hydrogens (tertiary/aromatic N) is 1. The first-order valence-corrected chi connectivity index (χ1v) is 6.63. The SMILES string of the molecule is CC(C)(C)OC(=O)NC1(c2cc(N)n[nH]2)CCCC1. The van der Waals surface area contributed by atoms with Gasteiger partial charge in [-0.2, -0.15) is 5.10 Å². The summed E-state index contributed by atoms with van der Waals surface area (Å²) in [6.45, 7) is 5.55. The zero-order valence-corrected chi connectivity index (χ0v) is 11.7. The van der Waals surface area contributed by atoms with Crippen LogP contribution in [0.2, 0.25) is 0 Å². The van der Waals surface area contributed by atoms with Crippen molar-refractivity contribution in [1.82, 2.24) is 15.5 Å². The highest BCUT2D eigenvalue weighted by molar-refractivity contribution is 5.69. The number of alkyl carbamates (subject to hydrolysis) is 1. The van der Waals surface area contributed by atoms with Gasteiger partial charge in [-0.25, -0.2) is 4.79 Å². The van der Waals surface area contributed by atoms with Crippen molar-refractivity contribution >= 4 is 11.9 Å². The summed E-state index contributed by atoms with van der Waals surface area (Å²) in [5, 5.41) is 9.85. The van der Waals surface area contributed by atoms with E-state index in [-0.39, 0.29) is 0 Å². The molecule has 6 nitrogen and oxygen atoms in total. The molecule has 0 bridgehead atoms. The minimum Gasteiger partial charge on any atom is -0.444 e. The Labute approximate surface area is 113 Å². The predicted molar refractivity (Wildman–Crippen MR) is 72.5 cm³/mol. The number of hydrogen-bond acceptors (Lipinski definition) is 4. The summed E-state index contributed by atoms with van der Waals surface area (Å²) in [4.78, 5) is 12.0. The average molecular weight is 266 g/mol. The van der Waals surface area contributed by atoms with Crippen LogP contribution in [0.4, 0.5) is 10.6 Å². The Bertz CT molecular complexity index is 455. The van der Waals surface area contributed by atoms with Gasteiger partial charge >= 0.3 is 6.09 Å². The molecule has 4 N–H and O–H groups in total. The van der Waals surface area contributed by atoms with Crippen LogP contribution in [0, 0.1) is 0 Å². The third-order valence-corrected chi connectivity index (χ3v) is 3.31. The molecule has 1 aromatic heterocycles. The summed E-state index contributed by atoms with van der Waals surface area (Å²) in [6.07, 6.45) is 3.47. The number of nitrogens with one attached hydrogen (secondary N) is 2. The number of amides is 1. The molecule has 1 aliphatic carbocycles. The van der Waals surface area contributed by atoms with Gasteiger partial charge in [-0.05, 0) is 33.6 Å². The molecule has 0 aliphatic heterocycles. The Kier molecular flexibility index (Phi) is 3.43. The Hall–Kier alpha value is -1.72. The summed E-state index contributed by atoms with van der Waals surface area (Å²) >= 11 is 0. The summed E-state index contributed by atoms with van der Waals surface area (Å²) < 4.78 is 5.34.